The molecule has 1 heterocycles. The summed E-state index contributed by atoms with van der Waals surface area (Å²) in [6.07, 6.45) is 1.34. The first-order valence-corrected chi connectivity index (χ1v) is 6.61. The summed E-state index contributed by atoms with van der Waals surface area (Å²) in [4.78, 5) is 13.4. The van der Waals surface area contributed by atoms with Crippen molar-refractivity contribution in [2.45, 2.75) is 33.2 Å². The summed E-state index contributed by atoms with van der Waals surface area (Å²) in [6, 6.07) is 4.84. The van der Waals surface area contributed by atoms with Gasteiger partial charge >= 0.3 is 5.97 Å². The topological polar surface area (TPSA) is 40.5 Å². The maximum atomic E-state index is 13.0. The lowest BCUT2D eigenvalue weighted by atomic mass is 9.80. The van der Waals surface area contributed by atoms with Gasteiger partial charge < -0.3 is 5.11 Å². The third kappa shape index (κ3) is 3.13. The van der Waals surface area contributed by atoms with Crippen molar-refractivity contribution in [1.29, 1.82) is 0 Å². The number of halogens is 1. The van der Waals surface area contributed by atoms with Crippen LogP contribution < -0.4 is 0 Å². The molecule has 0 saturated carbocycles. The molecule has 1 fully saturated rings. The molecule has 0 radical (unpaired) electrons. The molecular weight excluding hydrogens is 245 g/mol. The Morgan fingerprint density at radius 1 is 1.42 bits per heavy atom. The van der Waals surface area contributed by atoms with Crippen molar-refractivity contribution in [2.24, 2.45) is 5.41 Å². The standard InChI is InChI=1S/C15H20FNO2/c1-11-9-13(16)4-3-12(11)10-17-7-5-15(2,6-8-17)14(18)19/h3-4,9H,5-8,10H2,1-2H3,(H,18,19). The molecule has 1 N–H and O–H groups in total. The molecule has 0 spiro atoms. The molecule has 3 nitrogen and oxygen atoms in total. The zero-order chi connectivity index (χ0) is 14.0. The van der Waals surface area contributed by atoms with Gasteiger partial charge in [-0.15, -0.1) is 0 Å². The fourth-order valence-electron chi connectivity index (χ4n) is 2.50. The van der Waals surface area contributed by atoms with Crippen LogP contribution in [0, 0.1) is 18.2 Å². The highest BCUT2D eigenvalue weighted by Crippen LogP contribution is 2.31. The fourth-order valence-corrected chi connectivity index (χ4v) is 2.50. The Hall–Kier alpha value is -1.42. The van der Waals surface area contributed by atoms with Crippen LogP contribution in [-0.2, 0) is 11.3 Å². The zero-order valence-electron chi connectivity index (χ0n) is 11.4. The van der Waals surface area contributed by atoms with Crippen LogP contribution >= 0.6 is 0 Å². The highest BCUT2D eigenvalue weighted by molar-refractivity contribution is 5.74. The van der Waals surface area contributed by atoms with Gasteiger partial charge in [-0.1, -0.05) is 6.07 Å². The summed E-state index contributed by atoms with van der Waals surface area (Å²) in [5, 5.41) is 9.19. The van der Waals surface area contributed by atoms with Gasteiger partial charge in [0.1, 0.15) is 5.82 Å². The van der Waals surface area contributed by atoms with Crippen LogP contribution in [0.5, 0.6) is 0 Å². The van der Waals surface area contributed by atoms with Crippen molar-refractivity contribution >= 4 is 5.97 Å². The van der Waals surface area contributed by atoms with Gasteiger partial charge in [-0.2, -0.15) is 0 Å². The third-order valence-electron chi connectivity index (χ3n) is 4.17. The number of benzene rings is 1. The minimum Gasteiger partial charge on any atom is -0.481 e. The summed E-state index contributed by atoms with van der Waals surface area (Å²) < 4.78 is 13.0. The van der Waals surface area contributed by atoms with E-state index in [1.54, 1.807) is 6.07 Å². The van der Waals surface area contributed by atoms with Gasteiger partial charge in [-0.05, 0) is 63.0 Å². The smallest absolute Gasteiger partial charge is 0.309 e. The van der Waals surface area contributed by atoms with E-state index in [9.17, 15) is 14.3 Å². The summed E-state index contributed by atoms with van der Waals surface area (Å²) in [5.41, 5.74) is 1.47. The third-order valence-corrected chi connectivity index (χ3v) is 4.17. The summed E-state index contributed by atoms with van der Waals surface area (Å²) in [7, 11) is 0. The highest BCUT2D eigenvalue weighted by atomic mass is 19.1. The van der Waals surface area contributed by atoms with E-state index < -0.39 is 11.4 Å². The molecule has 1 aromatic rings. The van der Waals surface area contributed by atoms with Crippen molar-refractivity contribution in [3.05, 3.63) is 35.1 Å². The number of carbonyl (C=O) groups is 1. The minimum atomic E-state index is -0.704. The maximum Gasteiger partial charge on any atom is 0.309 e. The van der Waals surface area contributed by atoms with Gasteiger partial charge in [0.15, 0.2) is 0 Å². The SMILES string of the molecule is Cc1cc(F)ccc1CN1CCC(C)(C(=O)O)CC1. The van der Waals surface area contributed by atoms with Gasteiger partial charge in [0.2, 0.25) is 0 Å². The number of nitrogens with zero attached hydrogens (tertiary/aromatic N) is 1. The van der Waals surface area contributed by atoms with Crippen LogP contribution in [0.25, 0.3) is 0 Å². The molecule has 104 valence electrons. The lowest BCUT2D eigenvalue weighted by Crippen LogP contribution is -2.42. The Balaban J connectivity index is 1.98. The van der Waals surface area contributed by atoms with E-state index in [4.69, 9.17) is 0 Å². The molecule has 0 bridgehead atoms. The number of carboxylic acids is 1. The minimum absolute atomic E-state index is 0.210. The second-order valence-corrected chi connectivity index (χ2v) is 5.71. The second-order valence-electron chi connectivity index (χ2n) is 5.71. The zero-order valence-corrected chi connectivity index (χ0v) is 11.4. The van der Waals surface area contributed by atoms with Crippen LogP contribution in [0.15, 0.2) is 18.2 Å². The molecule has 4 heteroatoms. The quantitative estimate of drug-likeness (QED) is 0.913. The Kier molecular flexibility index (Phi) is 3.90. The van der Waals surface area contributed by atoms with Crippen molar-refractivity contribution < 1.29 is 14.3 Å². The lowest BCUT2D eigenvalue weighted by Gasteiger charge is -2.36. The van der Waals surface area contributed by atoms with E-state index in [0.717, 1.165) is 30.8 Å². The van der Waals surface area contributed by atoms with Crippen LogP contribution in [-0.4, -0.2) is 29.1 Å². The predicted molar refractivity (Wildman–Crippen MR) is 71.4 cm³/mol. The number of piperidine rings is 1. The molecule has 1 saturated heterocycles. The van der Waals surface area contributed by atoms with Gasteiger partial charge in [0.25, 0.3) is 0 Å². The first-order chi connectivity index (χ1) is 8.90. The molecule has 1 aliphatic heterocycles. The number of likely N-dealkylation sites (tertiary alicyclic amines) is 1. The van der Waals surface area contributed by atoms with Crippen LogP contribution in [0.1, 0.15) is 30.9 Å². The monoisotopic (exact) mass is 265 g/mol. The van der Waals surface area contributed by atoms with Gasteiger partial charge in [0, 0.05) is 6.54 Å². The molecule has 1 aliphatic rings. The Morgan fingerprint density at radius 3 is 2.58 bits per heavy atom. The largest absolute Gasteiger partial charge is 0.481 e. The Labute approximate surface area is 113 Å². The Morgan fingerprint density at radius 2 is 2.05 bits per heavy atom. The number of aryl methyl sites for hydroxylation is 1. The van der Waals surface area contributed by atoms with Crippen LogP contribution in [0.3, 0.4) is 0 Å². The van der Waals surface area contributed by atoms with Gasteiger partial charge in [-0.3, -0.25) is 9.69 Å². The van der Waals surface area contributed by atoms with E-state index in [1.807, 2.05) is 19.9 Å². The summed E-state index contributed by atoms with van der Waals surface area (Å²) in [6.45, 7) is 6.04. The fraction of sp³-hybridized carbons (Fsp3) is 0.533. The average Bonchev–Trinajstić information content (AvgIpc) is 2.35. The molecule has 1 aromatic carbocycles. The van der Waals surface area contributed by atoms with Crippen molar-refractivity contribution in [1.82, 2.24) is 4.90 Å². The second kappa shape index (κ2) is 5.29. The maximum absolute atomic E-state index is 13.0. The molecule has 2 rings (SSSR count). The van der Waals surface area contributed by atoms with E-state index in [-0.39, 0.29) is 5.82 Å². The van der Waals surface area contributed by atoms with Crippen molar-refractivity contribution in [3.63, 3.8) is 0 Å². The molecule has 0 atom stereocenters. The number of carboxylic acid groups (broad SMARTS) is 1. The predicted octanol–water partition coefficient (Wildman–Crippen LogP) is 2.82. The number of hydrogen-bond donors (Lipinski definition) is 1. The van der Waals surface area contributed by atoms with E-state index in [1.165, 1.54) is 6.07 Å². The van der Waals surface area contributed by atoms with Crippen LogP contribution in [0.4, 0.5) is 4.39 Å². The molecule has 0 aliphatic carbocycles. The van der Waals surface area contributed by atoms with E-state index in [2.05, 4.69) is 4.90 Å². The molecule has 0 aromatic heterocycles. The van der Waals surface area contributed by atoms with Gasteiger partial charge in [0.05, 0.1) is 5.41 Å². The average molecular weight is 265 g/mol. The highest BCUT2D eigenvalue weighted by Gasteiger charge is 2.36. The van der Waals surface area contributed by atoms with Crippen molar-refractivity contribution in [3.8, 4) is 0 Å². The molecule has 19 heavy (non-hydrogen) atoms. The normalized spacial score (nSPS) is 19.3. The number of hydrogen-bond acceptors (Lipinski definition) is 2. The summed E-state index contributed by atoms with van der Waals surface area (Å²) >= 11 is 0. The lowest BCUT2D eigenvalue weighted by molar-refractivity contribution is -0.150. The van der Waals surface area contributed by atoms with E-state index >= 15 is 0 Å². The van der Waals surface area contributed by atoms with Gasteiger partial charge in [-0.25, -0.2) is 4.39 Å². The molecule has 0 unspecified atom stereocenters. The number of rotatable bonds is 3. The Bertz CT molecular complexity index is 479. The number of aliphatic carboxylic acids is 1. The molecule has 0 amide bonds. The van der Waals surface area contributed by atoms with Crippen LogP contribution in [0.2, 0.25) is 0 Å². The summed E-state index contributed by atoms with van der Waals surface area (Å²) in [5.74, 6) is -0.913. The first kappa shape index (κ1) is 14.0. The first-order valence-electron chi connectivity index (χ1n) is 6.61. The van der Waals surface area contributed by atoms with E-state index in [0.29, 0.717) is 12.8 Å². The molecular formula is C15H20FNO2. The van der Waals surface area contributed by atoms with Crippen molar-refractivity contribution in [2.75, 3.05) is 13.1 Å².